The van der Waals surface area contributed by atoms with Crippen molar-refractivity contribution in [3.8, 4) is 5.75 Å². The minimum atomic E-state index is -0.111. The van der Waals surface area contributed by atoms with Crippen LogP contribution in [0.2, 0.25) is 0 Å². The second-order valence-electron chi connectivity index (χ2n) is 6.49. The first kappa shape index (κ1) is 19.5. The van der Waals surface area contributed by atoms with Crippen molar-refractivity contribution in [2.24, 2.45) is 0 Å². The standard InChI is InChI=1S/C20H23BrN2O4/c1-2-26-16-5-3-14(4-6-16)13-19(24)22-15-9-11-23(12-10-15)20(25)17-7-8-18(21)27-17/h3-8,15H,2,9-13H2,1H3,(H,22,24). The topological polar surface area (TPSA) is 71.8 Å². The number of halogens is 1. The van der Waals surface area contributed by atoms with Crippen LogP contribution in [0.25, 0.3) is 0 Å². The molecule has 0 aliphatic carbocycles. The molecule has 0 bridgehead atoms. The molecule has 0 radical (unpaired) electrons. The summed E-state index contributed by atoms with van der Waals surface area (Å²) in [6.07, 6.45) is 1.82. The summed E-state index contributed by atoms with van der Waals surface area (Å²) in [5.74, 6) is 1.03. The van der Waals surface area contributed by atoms with Gasteiger partial charge in [0.15, 0.2) is 10.4 Å². The molecule has 1 aromatic heterocycles. The Balaban J connectivity index is 1.44. The van der Waals surface area contributed by atoms with Gasteiger partial charge in [0.2, 0.25) is 5.91 Å². The van der Waals surface area contributed by atoms with Gasteiger partial charge in [-0.1, -0.05) is 12.1 Å². The summed E-state index contributed by atoms with van der Waals surface area (Å²) in [6.45, 7) is 3.77. The Morgan fingerprint density at radius 2 is 1.89 bits per heavy atom. The largest absolute Gasteiger partial charge is 0.494 e. The number of ether oxygens (including phenoxy) is 1. The number of rotatable bonds is 6. The van der Waals surface area contributed by atoms with Crippen molar-refractivity contribution in [3.63, 3.8) is 0 Å². The summed E-state index contributed by atoms with van der Waals surface area (Å²) in [7, 11) is 0. The lowest BCUT2D eigenvalue weighted by atomic mass is 10.0. The van der Waals surface area contributed by atoms with Crippen LogP contribution < -0.4 is 10.1 Å². The lowest BCUT2D eigenvalue weighted by Gasteiger charge is -2.31. The summed E-state index contributed by atoms with van der Waals surface area (Å²) < 4.78 is 11.3. The molecule has 3 rings (SSSR count). The number of likely N-dealkylation sites (tertiary alicyclic amines) is 1. The molecule has 0 spiro atoms. The molecule has 1 saturated heterocycles. The van der Waals surface area contributed by atoms with Gasteiger partial charge in [-0.25, -0.2) is 0 Å². The van der Waals surface area contributed by atoms with Crippen molar-refractivity contribution in [2.75, 3.05) is 19.7 Å². The molecule has 1 fully saturated rings. The SMILES string of the molecule is CCOc1ccc(CC(=O)NC2CCN(C(=O)c3ccc(Br)o3)CC2)cc1. The Morgan fingerprint density at radius 1 is 1.19 bits per heavy atom. The van der Waals surface area contributed by atoms with Crippen LogP contribution in [-0.2, 0) is 11.2 Å². The van der Waals surface area contributed by atoms with Gasteiger partial charge >= 0.3 is 0 Å². The zero-order valence-corrected chi connectivity index (χ0v) is 16.8. The fourth-order valence-electron chi connectivity index (χ4n) is 3.15. The summed E-state index contributed by atoms with van der Waals surface area (Å²) in [5.41, 5.74) is 0.951. The number of benzene rings is 1. The average Bonchev–Trinajstić information content (AvgIpc) is 3.10. The number of nitrogens with zero attached hydrogens (tertiary/aromatic N) is 1. The van der Waals surface area contributed by atoms with Gasteiger partial charge in [0.25, 0.3) is 5.91 Å². The summed E-state index contributed by atoms with van der Waals surface area (Å²) in [6, 6.07) is 11.0. The highest BCUT2D eigenvalue weighted by atomic mass is 79.9. The Hall–Kier alpha value is -2.28. The highest BCUT2D eigenvalue weighted by Gasteiger charge is 2.26. The Kier molecular flexibility index (Phi) is 6.55. The number of nitrogens with one attached hydrogen (secondary N) is 1. The van der Waals surface area contributed by atoms with E-state index in [1.54, 1.807) is 17.0 Å². The minimum absolute atomic E-state index is 0.00102. The number of furan rings is 1. The third-order valence-corrected chi connectivity index (χ3v) is 4.96. The molecular formula is C20H23BrN2O4. The number of piperidine rings is 1. The third kappa shape index (κ3) is 5.35. The Morgan fingerprint density at radius 3 is 2.48 bits per heavy atom. The second kappa shape index (κ2) is 9.08. The van der Waals surface area contributed by atoms with Crippen LogP contribution in [-0.4, -0.2) is 42.5 Å². The van der Waals surface area contributed by atoms with E-state index in [1.807, 2.05) is 31.2 Å². The molecule has 1 N–H and O–H groups in total. The van der Waals surface area contributed by atoms with E-state index >= 15 is 0 Å². The van der Waals surface area contributed by atoms with Gasteiger partial charge in [0.05, 0.1) is 13.0 Å². The molecule has 0 saturated carbocycles. The number of hydrogen-bond donors (Lipinski definition) is 1. The summed E-state index contributed by atoms with van der Waals surface area (Å²) in [5, 5.41) is 3.07. The maximum absolute atomic E-state index is 12.4. The van der Waals surface area contributed by atoms with Gasteiger partial charge < -0.3 is 19.4 Å². The van der Waals surface area contributed by atoms with Crippen molar-refractivity contribution in [3.05, 3.63) is 52.4 Å². The first-order valence-electron chi connectivity index (χ1n) is 9.11. The van der Waals surface area contributed by atoms with Crippen LogP contribution in [0.5, 0.6) is 5.75 Å². The normalized spacial score (nSPS) is 14.8. The fraction of sp³-hybridized carbons (Fsp3) is 0.400. The molecule has 6 nitrogen and oxygen atoms in total. The second-order valence-corrected chi connectivity index (χ2v) is 7.27. The van der Waals surface area contributed by atoms with Gasteiger partial charge in [0, 0.05) is 19.1 Å². The number of amides is 2. The lowest BCUT2D eigenvalue weighted by Crippen LogP contribution is -2.46. The molecule has 0 unspecified atom stereocenters. The lowest BCUT2D eigenvalue weighted by molar-refractivity contribution is -0.121. The molecule has 144 valence electrons. The smallest absolute Gasteiger partial charge is 0.289 e. The van der Waals surface area contributed by atoms with Crippen LogP contribution in [0.1, 0.15) is 35.9 Å². The zero-order chi connectivity index (χ0) is 19.2. The molecule has 1 aromatic carbocycles. The maximum Gasteiger partial charge on any atom is 0.289 e. The first-order chi connectivity index (χ1) is 13.0. The Bertz CT molecular complexity index is 780. The van der Waals surface area contributed by atoms with Crippen molar-refractivity contribution in [2.45, 2.75) is 32.2 Å². The molecule has 0 atom stereocenters. The van der Waals surface area contributed by atoms with E-state index in [2.05, 4.69) is 21.2 Å². The molecule has 2 heterocycles. The van der Waals surface area contributed by atoms with E-state index in [0.717, 1.165) is 24.2 Å². The van der Waals surface area contributed by atoms with Crippen LogP contribution in [0.15, 0.2) is 45.5 Å². The number of carbonyl (C=O) groups excluding carboxylic acids is 2. The van der Waals surface area contributed by atoms with Gasteiger partial charge in [-0.15, -0.1) is 0 Å². The zero-order valence-electron chi connectivity index (χ0n) is 15.2. The molecule has 1 aliphatic heterocycles. The van der Waals surface area contributed by atoms with Crippen molar-refractivity contribution >= 4 is 27.7 Å². The van der Waals surface area contributed by atoms with E-state index in [-0.39, 0.29) is 17.9 Å². The summed E-state index contributed by atoms with van der Waals surface area (Å²) in [4.78, 5) is 26.4. The molecular weight excluding hydrogens is 412 g/mol. The van der Waals surface area contributed by atoms with Gasteiger partial charge in [-0.3, -0.25) is 9.59 Å². The van der Waals surface area contributed by atoms with E-state index < -0.39 is 0 Å². The third-order valence-electron chi connectivity index (χ3n) is 4.53. The van der Waals surface area contributed by atoms with Crippen LogP contribution in [0, 0.1) is 0 Å². The van der Waals surface area contributed by atoms with Crippen LogP contribution >= 0.6 is 15.9 Å². The van der Waals surface area contributed by atoms with E-state index in [1.165, 1.54) is 0 Å². The quantitative estimate of drug-likeness (QED) is 0.755. The first-order valence-corrected chi connectivity index (χ1v) is 9.90. The van der Waals surface area contributed by atoms with Crippen molar-refractivity contribution < 1.29 is 18.7 Å². The molecule has 27 heavy (non-hydrogen) atoms. The van der Waals surface area contributed by atoms with Crippen molar-refractivity contribution in [1.29, 1.82) is 0 Å². The maximum atomic E-state index is 12.4. The number of carbonyl (C=O) groups is 2. The predicted molar refractivity (Wildman–Crippen MR) is 105 cm³/mol. The highest BCUT2D eigenvalue weighted by Crippen LogP contribution is 2.19. The molecule has 2 aromatic rings. The highest BCUT2D eigenvalue weighted by molar-refractivity contribution is 9.10. The van der Waals surface area contributed by atoms with Gasteiger partial charge in [-0.05, 0) is 65.5 Å². The van der Waals surface area contributed by atoms with Crippen LogP contribution in [0.4, 0.5) is 0 Å². The molecule has 2 amide bonds. The monoisotopic (exact) mass is 434 g/mol. The molecule has 1 aliphatic rings. The van der Waals surface area contributed by atoms with Crippen molar-refractivity contribution in [1.82, 2.24) is 10.2 Å². The number of hydrogen-bond acceptors (Lipinski definition) is 4. The average molecular weight is 435 g/mol. The van der Waals surface area contributed by atoms with Gasteiger partial charge in [-0.2, -0.15) is 0 Å². The molecule has 7 heteroatoms. The van der Waals surface area contributed by atoms with E-state index in [9.17, 15) is 9.59 Å². The predicted octanol–water partition coefficient (Wildman–Crippen LogP) is 3.40. The van der Waals surface area contributed by atoms with Gasteiger partial charge in [0.1, 0.15) is 5.75 Å². The van der Waals surface area contributed by atoms with E-state index in [4.69, 9.17) is 9.15 Å². The van der Waals surface area contributed by atoms with E-state index in [0.29, 0.717) is 36.5 Å². The Labute approximate surface area is 167 Å². The minimum Gasteiger partial charge on any atom is -0.494 e. The summed E-state index contributed by atoms with van der Waals surface area (Å²) >= 11 is 3.21. The van der Waals surface area contributed by atoms with Crippen LogP contribution in [0.3, 0.4) is 0 Å². The fourth-order valence-corrected chi connectivity index (χ4v) is 3.45.